The van der Waals surface area contributed by atoms with Crippen molar-refractivity contribution in [1.82, 2.24) is 5.32 Å². The van der Waals surface area contributed by atoms with Crippen molar-refractivity contribution >= 4 is 11.6 Å². The minimum Gasteiger partial charge on any atom is -0.448 e. The second-order valence-electron chi connectivity index (χ2n) is 4.20. The van der Waals surface area contributed by atoms with E-state index in [1.165, 1.54) is 24.8 Å². The minimum absolute atomic E-state index is 0.218. The maximum Gasteiger partial charge on any atom is 0.193 e. The number of nitrogens with one attached hydrogen (secondary N) is 1. The second-order valence-corrected chi connectivity index (χ2v) is 4.57. The largest absolute Gasteiger partial charge is 0.448 e. The average molecular weight is 240 g/mol. The quantitative estimate of drug-likeness (QED) is 0.784. The van der Waals surface area contributed by atoms with Crippen molar-refractivity contribution < 1.29 is 4.42 Å². The number of allylic oxidation sites excluding steroid dienone is 1. The number of hydrogen-bond donors (Lipinski definition) is 1. The highest BCUT2D eigenvalue weighted by Crippen LogP contribution is 2.32. The molecule has 16 heavy (non-hydrogen) atoms. The van der Waals surface area contributed by atoms with E-state index < -0.39 is 0 Å². The molecule has 0 bridgehead atoms. The van der Waals surface area contributed by atoms with Crippen LogP contribution >= 0.6 is 11.6 Å². The van der Waals surface area contributed by atoms with Crippen molar-refractivity contribution in [2.75, 3.05) is 6.54 Å². The molecule has 1 heterocycles. The van der Waals surface area contributed by atoms with Gasteiger partial charge in [0.15, 0.2) is 5.22 Å². The van der Waals surface area contributed by atoms with E-state index in [9.17, 15) is 0 Å². The van der Waals surface area contributed by atoms with Crippen LogP contribution in [0.4, 0.5) is 0 Å². The van der Waals surface area contributed by atoms with Crippen LogP contribution in [0.1, 0.15) is 44.4 Å². The van der Waals surface area contributed by atoms with Crippen LogP contribution in [0.2, 0.25) is 5.22 Å². The Labute approximate surface area is 102 Å². The van der Waals surface area contributed by atoms with Gasteiger partial charge in [-0.1, -0.05) is 13.0 Å². The fourth-order valence-electron chi connectivity index (χ4n) is 2.14. The van der Waals surface area contributed by atoms with Crippen molar-refractivity contribution in [3.63, 3.8) is 0 Å². The first-order valence-electron chi connectivity index (χ1n) is 5.99. The van der Waals surface area contributed by atoms with Crippen molar-refractivity contribution in [3.05, 3.63) is 34.8 Å². The second kappa shape index (κ2) is 5.55. The Hall–Kier alpha value is -0.730. The van der Waals surface area contributed by atoms with Gasteiger partial charge < -0.3 is 9.73 Å². The van der Waals surface area contributed by atoms with Crippen LogP contribution in [0.15, 0.2) is 28.2 Å². The fourth-order valence-corrected chi connectivity index (χ4v) is 2.30. The molecular formula is C13H18ClNO. The summed E-state index contributed by atoms with van der Waals surface area (Å²) in [4.78, 5) is 0. The molecular weight excluding hydrogens is 222 g/mol. The van der Waals surface area contributed by atoms with E-state index in [1.54, 1.807) is 0 Å². The van der Waals surface area contributed by atoms with Gasteiger partial charge in [0, 0.05) is 0 Å². The van der Waals surface area contributed by atoms with Gasteiger partial charge in [-0.2, -0.15) is 0 Å². The first-order chi connectivity index (χ1) is 7.81. The monoisotopic (exact) mass is 239 g/mol. The van der Waals surface area contributed by atoms with Gasteiger partial charge in [-0.05, 0) is 61.5 Å². The summed E-state index contributed by atoms with van der Waals surface area (Å²) in [7, 11) is 0. The van der Waals surface area contributed by atoms with Crippen LogP contribution in [0.25, 0.3) is 0 Å². The number of hydrogen-bond acceptors (Lipinski definition) is 2. The maximum absolute atomic E-state index is 5.83. The van der Waals surface area contributed by atoms with Gasteiger partial charge in [0.25, 0.3) is 0 Å². The SMILES string of the molecule is CCCNC(C1=CCCC1)c1ccc(Cl)o1. The van der Waals surface area contributed by atoms with Crippen molar-refractivity contribution in [2.24, 2.45) is 0 Å². The predicted molar refractivity (Wildman–Crippen MR) is 66.7 cm³/mol. The molecule has 0 aromatic carbocycles. The van der Waals surface area contributed by atoms with Gasteiger partial charge in [0.1, 0.15) is 5.76 Å². The van der Waals surface area contributed by atoms with Crippen LogP contribution in [-0.4, -0.2) is 6.54 Å². The zero-order valence-corrected chi connectivity index (χ0v) is 10.4. The van der Waals surface area contributed by atoms with Gasteiger partial charge in [0.2, 0.25) is 0 Å². The zero-order valence-electron chi connectivity index (χ0n) is 9.63. The Morgan fingerprint density at radius 3 is 2.94 bits per heavy atom. The molecule has 3 heteroatoms. The van der Waals surface area contributed by atoms with Gasteiger partial charge >= 0.3 is 0 Å². The molecule has 2 rings (SSSR count). The third-order valence-electron chi connectivity index (χ3n) is 2.92. The summed E-state index contributed by atoms with van der Waals surface area (Å²) in [6, 6.07) is 4.00. The lowest BCUT2D eigenvalue weighted by molar-refractivity contribution is 0.440. The Bertz CT molecular complexity index is 370. The van der Waals surface area contributed by atoms with Crippen molar-refractivity contribution in [2.45, 2.75) is 38.6 Å². The Morgan fingerprint density at radius 2 is 2.38 bits per heavy atom. The molecule has 0 saturated carbocycles. The molecule has 1 unspecified atom stereocenters. The molecule has 0 saturated heterocycles. The third-order valence-corrected chi connectivity index (χ3v) is 3.13. The van der Waals surface area contributed by atoms with Crippen LogP contribution in [0, 0.1) is 0 Å². The smallest absolute Gasteiger partial charge is 0.193 e. The lowest BCUT2D eigenvalue weighted by Crippen LogP contribution is -2.23. The van der Waals surface area contributed by atoms with E-state index in [1.807, 2.05) is 12.1 Å². The van der Waals surface area contributed by atoms with Crippen LogP contribution in [0.5, 0.6) is 0 Å². The first kappa shape index (κ1) is 11.7. The molecule has 0 fully saturated rings. The van der Waals surface area contributed by atoms with E-state index >= 15 is 0 Å². The highest BCUT2D eigenvalue weighted by Gasteiger charge is 2.21. The molecule has 1 atom stereocenters. The van der Waals surface area contributed by atoms with Crippen LogP contribution in [0.3, 0.4) is 0 Å². The number of halogens is 1. The van der Waals surface area contributed by atoms with Gasteiger partial charge in [-0.25, -0.2) is 0 Å². The Balaban J connectivity index is 2.13. The summed E-state index contributed by atoms with van der Waals surface area (Å²) in [6.45, 7) is 3.17. The minimum atomic E-state index is 0.218. The molecule has 0 spiro atoms. The van der Waals surface area contributed by atoms with Gasteiger partial charge in [0.05, 0.1) is 6.04 Å². The Morgan fingerprint density at radius 1 is 1.50 bits per heavy atom. The molecule has 88 valence electrons. The summed E-state index contributed by atoms with van der Waals surface area (Å²) in [6.07, 6.45) is 7.06. The van der Waals surface area contributed by atoms with E-state index in [0.717, 1.165) is 18.7 Å². The molecule has 0 radical (unpaired) electrons. The van der Waals surface area contributed by atoms with Crippen molar-refractivity contribution in [3.8, 4) is 0 Å². The molecule has 0 amide bonds. The topological polar surface area (TPSA) is 25.2 Å². The van der Waals surface area contributed by atoms with Crippen molar-refractivity contribution in [1.29, 1.82) is 0 Å². The molecule has 0 aliphatic heterocycles. The van der Waals surface area contributed by atoms with E-state index in [-0.39, 0.29) is 6.04 Å². The molecule has 1 aliphatic rings. The predicted octanol–water partition coefficient (Wildman–Crippen LogP) is 4.08. The summed E-state index contributed by atoms with van der Waals surface area (Å²) in [5.41, 5.74) is 1.44. The maximum atomic E-state index is 5.83. The molecule has 1 aromatic heterocycles. The molecule has 2 nitrogen and oxygen atoms in total. The third kappa shape index (κ3) is 2.69. The van der Waals surface area contributed by atoms with Gasteiger partial charge in [-0.15, -0.1) is 0 Å². The normalized spacial score (nSPS) is 17.5. The fraction of sp³-hybridized carbons (Fsp3) is 0.538. The standard InChI is InChI=1S/C13H18ClNO/c1-2-9-15-13(10-5-3-4-6-10)11-7-8-12(14)16-11/h5,7-8,13,15H,2-4,6,9H2,1H3. The lowest BCUT2D eigenvalue weighted by atomic mass is 10.0. The van der Waals surface area contributed by atoms with E-state index in [4.69, 9.17) is 16.0 Å². The summed E-state index contributed by atoms with van der Waals surface area (Å²) < 4.78 is 5.52. The first-order valence-corrected chi connectivity index (χ1v) is 6.36. The van der Waals surface area contributed by atoms with Crippen LogP contribution < -0.4 is 5.32 Å². The highest BCUT2D eigenvalue weighted by atomic mass is 35.5. The molecule has 1 aromatic rings. The summed E-state index contributed by atoms with van der Waals surface area (Å²) in [5.74, 6) is 0.937. The Kier molecular flexibility index (Phi) is 4.08. The van der Waals surface area contributed by atoms with Crippen LogP contribution in [-0.2, 0) is 0 Å². The van der Waals surface area contributed by atoms with Gasteiger partial charge in [-0.3, -0.25) is 0 Å². The average Bonchev–Trinajstić information content (AvgIpc) is 2.91. The molecule has 1 aliphatic carbocycles. The summed E-state index contributed by atoms with van der Waals surface area (Å²) >= 11 is 5.83. The zero-order chi connectivity index (χ0) is 11.4. The van der Waals surface area contributed by atoms with E-state index in [0.29, 0.717) is 5.22 Å². The molecule has 1 N–H and O–H groups in total. The summed E-state index contributed by atoms with van der Waals surface area (Å²) in [5, 5.41) is 3.99. The van der Waals surface area contributed by atoms with E-state index in [2.05, 4.69) is 18.3 Å². The lowest BCUT2D eigenvalue weighted by Gasteiger charge is -2.17. The highest BCUT2D eigenvalue weighted by molar-refractivity contribution is 6.28. The number of rotatable bonds is 5. The number of furan rings is 1.